The maximum absolute atomic E-state index is 5.82. The second-order valence-electron chi connectivity index (χ2n) is 3.18. The van der Waals surface area contributed by atoms with Gasteiger partial charge in [0.1, 0.15) is 0 Å². The van der Waals surface area contributed by atoms with Crippen LogP contribution in [0.2, 0.25) is 5.02 Å². The van der Waals surface area contributed by atoms with E-state index in [1.807, 2.05) is 48.5 Å². The number of hydrogen-bond donors (Lipinski definition) is 1. The summed E-state index contributed by atoms with van der Waals surface area (Å²) < 4.78 is 0. The predicted octanol–water partition coefficient (Wildman–Crippen LogP) is 4.57. The van der Waals surface area contributed by atoms with Crippen LogP contribution in [-0.2, 0) is 0 Å². The monoisotopic (exact) mass is 237 g/mol. The lowest BCUT2D eigenvalue weighted by Crippen LogP contribution is -1.82. The first kappa shape index (κ1) is 10.3. The first-order chi connectivity index (χ1) is 7.29. The fourth-order valence-corrected chi connectivity index (χ4v) is 1.64. The Kier molecular flexibility index (Phi) is 3.14. The SMILES string of the molecule is ClNc1cccc(-c2ccc(Cl)cc2)c1. The van der Waals surface area contributed by atoms with Gasteiger partial charge in [-0.05, 0) is 35.4 Å². The summed E-state index contributed by atoms with van der Waals surface area (Å²) in [4.78, 5) is 2.59. The first-order valence-corrected chi connectivity index (χ1v) is 5.28. The lowest BCUT2D eigenvalue weighted by atomic mass is 10.1. The third kappa shape index (κ3) is 2.44. The molecule has 0 heterocycles. The molecule has 0 unspecified atom stereocenters. The molecule has 0 bridgehead atoms. The maximum atomic E-state index is 5.82. The van der Waals surface area contributed by atoms with Gasteiger partial charge in [0.2, 0.25) is 0 Å². The van der Waals surface area contributed by atoms with E-state index in [2.05, 4.69) is 4.84 Å². The Bertz CT molecular complexity index is 451. The summed E-state index contributed by atoms with van der Waals surface area (Å²) in [7, 11) is 0. The van der Waals surface area contributed by atoms with E-state index in [9.17, 15) is 0 Å². The van der Waals surface area contributed by atoms with Crippen molar-refractivity contribution < 1.29 is 0 Å². The molecule has 0 aliphatic rings. The second-order valence-corrected chi connectivity index (χ2v) is 3.81. The van der Waals surface area contributed by atoms with E-state index >= 15 is 0 Å². The molecule has 0 spiro atoms. The molecule has 1 N–H and O–H groups in total. The second kappa shape index (κ2) is 4.56. The average Bonchev–Trinajstić information content (AvgIpc) is 2.30. The summed E-state index contributed by atoms with van der Waals surface area (Å²) in [6.07, 6.45) is 0. The van der Waals surface area contributed by atoms with E-state index < -0.39 is 0 Å². The van der Waals surface area contributed by atoms with Gasteiger partial charge in [0.25, 0.3) is 0 Å². The van der Waals surface area contributed by atoms with Crippen molar-refractivity contribution in [1.29, 1.82) is 0 Å². The van der Waals surface area contributed by atoms with E-state index in [-0.39, 0.29) is 0 Å². The van der Waals surface area contributed by atoms with Crippen LogP contribution in [0.3, 0.4) is 0 Å². The van der Waals surface area contributed by atoms with Crippen LogP contribution < -0.4 is 4.84 Å². The molecule has 0 saturated carbocycles. The Labute approximate surface area is 98.8 Å². The van der Waals surface area contributed by atoms with E-state index in [1.165, 1.54) is 0 Å². The van der Waals surface area contributed by atoms with Gasteiger partial charge in [-0.3, -0.25) is 4.84 Å². The molecule has 0 aromatic heterocycles. The van der Waals surface area contributed by atoms with Crippen molar-refractivity contribution in [3.05, 3.63) is 53.6 Å². The molecular formula is C12H9Cl2N. The van der Waals surface area contributed by atoms with Gasteiger partial charge in [-0.25, -0.2) is 0 Å². The zero-order valence-corrected chi connectivity index (χ0v) is 9.39. The van der Waals surface area contributed by atoms with E-state index in [4.69, 9.17) is 23.4 Å². The molecular weight excluding hydrogens is 229 g/mol. The molecule has 0 radical (unpaired) electrons. The molecule has 0 atom stereocenters. The van der Waals surface area contributed by atoms with Crippen molar-refractivity contribution in [2.24, 2.45) is 0 Å². The summed E-state index contributed by atoms with van der Waals surface area (Å²) in [6.45, 7) is 0. The minimum atomic E-state index is 0.741. The fourth-order valence-electron chi connectivity index (χ4n) is 1.40. The standard InChI is InChI=1S/C12H9Cl2N/c13-11-6-4-9(5-7-11)10-2-1-3-12(8-10)15-14/h1-8,15H. The van der Waals surface area contributed by atoms with Gasteiger partial charge < -0.3 is 0 Å². The average molecular weight is 238 g/mol. The summed E-state index contributed by atoms with van der Waals surface area (Å²) in [5, 5.41) is 0.741. The number of benzene rings is 2. The highest BCUT2D eigenvalue weighted by molar-refractivity contribution is 6.30. The molecule has 2 aromatic carbocycles. The van der Waals surface area contributed by atoms with Crippen molar-refractivity contribution in [2.75, 3.05) is 4.84 Å². The van der Waals surface area contributed by atoms with Crippen molar-refractivity contribution in [2.45, 2.75) is 0 Å². The summed E-state index contributed by atoms with van der Waals surface area (Å²) in [5.41, 5.74) is 3.11. The minimum Gasteiger partial charge on any atom is -0.298 e. The van der Waals surface area contributed by atoms with Crippen LogP contribution in [-0.4, -0.2) is 0 Å². The van der Waals surface area contributed by atoms with Gasteiger partial charge in [-0.1, -0.05) is 35.9 Å². The van der Waals surface area contributed by atoms with Crippen molar-refractivity contribution >= 4 is 29.1 Å². The minimum absolute atomic E-state index is 0.741. The molecule has 76 valence electrons. The highest BCUT2D eigenvalue weighted by Gasteiger charge is 1.98. The van der Waals surface area contributed by atoms with E-state index in [0.717, 1.165) is 21.8 Å². The largest absolute Gasteiger partial charge is 0.298 e. The number of hydrogen-bond acceptors (Lipinski definition) is 1. The third-order valence-electron chi connectivity index (χ3n) is 2.15. The first-order valence-electron chi connectivity index (χ1n) is 4.52. The van der Waals surface area contributed by atoms with E-state index in [0.29, 0.717) is 0 Å². The van der Waals surface area contributed by atoms with Crippen LogP contribution in [0, 0.1) is 0 Å². The molecule has 0 fully saturated rings. The van der Waals surface area contributed by atoms with Crippen LogP contribution in [0.4, 0.5) is 5.69 Å². The van der Waals surface area contributed by atoms with Crippen LogP contribution in [0.5, 0.6) is 0 Å². The maximum Gasteiger partial charge on any atom is 0.0497 e. The van der Waals surface area contributed by atoms with Crippen molar-refractivity contribution in [3.63, 3.8) is 0 Å². The Morgan fingerprint density at radius 2 is 1.60 bits per heavy atom. The Balaban J connectivity index is 2.40. The molecule has 2 aromatic rings. The van der Waals surface area contributed by atoms with Gasteiger partial charge in [-0.15, -0.1) is 0 Å². The molecule has 3 heteroatoms. The smallest absolute Gasteiger partial charge is 0.0497 e. The Morgan fingerprint density at radius 1 is 0.867 bits per heavy atom. The topological polar surface area (TPSA) is 12.0 Å². The third-order valence-corrected chi connectivity index (χ3v) is 2.62. The Hall–Kier alpha value is -1.18. The quantitative estimate of drug-likeness (QED) is 0.755. The van der Waals surface area contributed by atoms with Gasteiger partial charge >= 0.3 is 0 Å². The zero-order valence-electron chi connectivity index (χ0n) is 7.87. The molecule has 15 heavy (non-hydrogen) atoms. The lowest BCUT2D eigenvalue weighted by Gasteiger charge is -2.04. The summed E-state index contributed by atoms with van der Waals surface area (Å²) in [5.74, 6) is 0. The summed E-state index contributed by atoms with van der Waals surface area (Å²) in [6, 6.07) is 15.6. The molecule has 0 amide bonds. The number of rotatable bonds is 2. The van der Waals surface area contributed by atoms with Gasteiger partial charge in [0.15, 0.2) is 0 Å². The molecule has 1 nitrogen and oxygen atoms in total. The normalized spacial score (nSPS) is 10.0. The van der Waals surface area contributed by atoms with Gasteiger partial charge in [0.05, 0.1) is 0 Å². The fraction of sp³-hybridized carbons (Fsp3) is 0. The molecule has 0 aliphatic heterocycles. The highest BCUT2D eigenvalue weighted by atomic mass is 35.5. The number of nitrogens with one attached hydrogen (secondary N) is 1. The van der Waals surface area contributed by atoms with Crippen LogP contribution >= 0.6 is 23.4 Å². The van der Waals surface area contributed by atoms with Crippen molar-refractivity contribution in [3.8, 4) is 11.1 Å². The van der Waals surface area contributed by atoms with Crippen LogP contribution in [0.15, 0.2) is 48.5 Å². The van der Waals surface area contributed by atoms with Gasteiger partial charge in [0, 0.05) is 22.5 Å². The van der Waals surface area contributed by atoms with Gasteiger partial charge in [-0.2, -0.15) is 0 Å². The van der Waals surface area contributed by atoms with Crippen LogP contribution in [0.1, 0.15) is 0 Å². The molecule has 0 aliphatic carbocycles. The molecule has 0 saturated heterocycles. The number of halogens is 2. The van der Waals surface area contributed by atoms with E-state index in [1.54, 1.807) is 0 Å². The van der Waals surface area contributed by atoms with Crippen molar-refractivity contribution in [1.82, 2.24) is 0 Å². The van der Waals surface area contributed by atoms with Crippen LogP contribution in [0.25, 0.3) is 11.1 Å². The lowest BCUT2D eigenvalue weighted by molar-refractivity contribution is 1.61. The Morgan fingerprint density at radius 3 is 2.27 bits per heavy atom. The number of anilines is 1. The summed E-state index contributed by atoms with van der Waals surface area (Å²) >= 11 is 11.4. The predicted molar refractivity (Wildman–Crippen MR) is 66.4 cm³/mol. The highest BCUT2D eigenvalue weighted by Crippen LogP contribution is 2.24. The molecule has 2 rings (SSSR count). The zero-order chi connectivity index (χ0) is 10.7.